The zero-order chi connectivity index (χ0) is 19.5. The third-order valence-corrected chi connectivity index (χ3v) is 6.51. The van der Waals surface area contributed by atoms with E-state index in [0.29, 0.717) is 5.02 Å². The molecule has 0 N–H and O–H groups in total. The van der Waals surface area contributed by atoms with Gasteiger partial charge in [0.2, 0.25) is 0 Å². The van der Waals surface area contributed by atoms with Crippen LogP contribution in [0.1, 0.15) is 16.8 Å². The maximum atomic E-state index is 13.1. The number of hydrogen-bond acceptors (Lipinski definition) is 5. The van der Waals surface area contributed by atoms with Gasteiger partial charge < -0.3 is 0 Å². The molecular weight excluding hydrogens is 409 g/mol. The molecule has 0 aliphatic heterocycles. The highest BCUT2D eigenvalue weighted by Crippen LogP contribution is 2.36. The molecule has 1 aromatic carbocycles. The molecule has 0 aliphatic carbocycles. The number of nitrogens with zero attached hydrogens (tertiary/aromatic N) is 2. The van der Waals surface area contributed by atoms with Gasteiger partial charge in [0.05, 0.1) is 21.8 Å². The Morgan fingerprint density at radius 3 is 2.42 bits per heavy atom. The summed E-state index contributed by atoms with van der Waals surface area (Å²) in [5, 5.41) is 9.34. The van der Waals surface area contributed by atoms with Crippen molar-refractivity contribution < 1.29 is 21.6 Å². The Bertz CT molecular complexity index is 953. The van der Waals surface area contributed by atoms with Gasteiger partial charge >= 0.3 is 6.18 Å². The third kappa shape index (κ3) is 4.90. The average Bonchev–Trinajstić information content (AvgIpc) is 2.54. The van der Waals surface area contributed by atoms with Crippen LogP contribution in [-0.2, 0) is 16.0 Å². The minimum Gasteiger partial charge on any atom is -0.245 e. The van der Waals surface area contributed by atoms with Gasteiger partial charge in [0.25, 0.3) is 0 Å². The second-order valence-corrected chi connectivity index (χ2v) is 8.85. The molecule has 138 valence electrons. The molecule has 2 aromatic rings. The number of halogens is 4. The molecular formula is C16H12ClF3N2O2S2. The Morgan fingerprint density at radius 1 is 1.27 bits per heavy atom. The predicted octanol–water partition coefficient (Wildman–Crippen LogP) is 4.50. The third-order valence-electron chi connectivity index (χ3n) is 3.30. The quantitative estimate of drug-likeness (QED) is 0.666. The molecule has 1 aromatic heterocycles. The Hall–Kier alpha value is -1.76. The van der Waals surface area contributed by atoms with Crippen molar-refractivity contribution in [1.29, 1.82) is 5.26 Å². The molecule has 0 saturated carbocycles. The smallest absolute Gasteiger partial charge is 0.245 e. The van der Waals surface area contributed by atoms with Crippen LogP contribution in [0.25, 0.3) is 0 Å². The fraction of sp³-hybridized carbons (Fsp3) is 0.250. The van der Waals surface area contributed by atoms with Crippen LogP contribution < -0.4 is 0 Å². The molecule has 0 radical (unpaired) electrons. The molecule has 0 saturated heterocycles. The van der Waals surface area contributed by atoms with E-state index < -0.39 is 27.1 Å². The van der Waals surface area contributed by atoms with Gasteiger partial charge in [-0.25, -0.2) is 13.4 Å². The molecule has 1 heterocycles. The highest BCUT2D eigenvalue weighted by atomic mass is 35.5. The normalized spacial score (nSPS) is 12.0. The first-order valence-corrected chi connectivity index (χ1v) is 10.2. The van der Waals surface area contributed by atoms with Crippen LogP contribution in [0.5, 0.6) is 0 Å². The van der Waals surface area contributed by atoms with E-state index in [4.69, 9.17) is 16.9 Å². The number of nitriles is 1. The summed E-state index contributed by atoms with van der Waals surface area (Å²) in [5.41, 5.74) is -1.58. The van der Waals surface area contributed by atoms with E-state index in [0.717, 1.165) is 17.8 Å². The molecule has 2 rings (SSSR count). The Morgan fingerprint density at radius 2 is 1.88 bits per heavy atom. The summed E-state index contributed by atoms with van der Waals surface area (Å²) >= 11 is 6.52. The van der Waals surface area contributed by atoms with Crippen molar-refractivity contribution >= 4 is 33.2 Å². The van der Waals surface area contributed by atoms with E-state index in [2.05, 4.69) is 4.98 Å². The zero-order valence-electron chi connectivity index (χ0n) is 13.3. The van der Waals surface area contributed by atoms with Gasteiger partial charge in [-0.3, -0.25) is 0 Å². The van der Waals surface area contributed by atoms with E-state index in [1.165, 1.54) is 37.3 Å². The van der Waals surface area contributed by atoms with Crippen molar-refractivity contribution in [2.75, 3.05) is 11.5 Å². The summed E-state index contributed by atoms with van der Waals surface area (Å²) in [7, 11) is -3.63. The molecule has 0 spiro atoms. The Labute approximate surface area is 157 Å². The lowest BCUT2D eigenvalue weighted by atomic mass is 10.1. The fourth-order valence-electron chi connectivity index (χ4n) is 2.09. The topological polar surface area (TPSA) is 70.8 Å². The predicted molar refractivity (Wildman–Crippen MR) is 92.9 cm³/mol. The van der Waals surface area contributed by atoms with Gasteiger partial charge in [0.15, 0.2) is 9.84 Å². The van der Waals surface area contributed by atoms with E-state index in [1.807, 2.05) is 0 Å². The van der Waals surface area contributed by atoms with Crippen LogP contribution in [0.3, 0.4) is 0 Å². The van der Waals surface area contributed by atoms with Crippen molar-refractivity contribution in [2.24, 2.45) is 0 Å². The summed E-state index contributed by atoms with van der Waals surface area (Å²) < 4.78 is 63.7. The van der Waals surface area contributed by atoms with Crippen LogP contribution in [0, 0.1) is 18.3 Å². The van der Waals surface area contributed by atoms with E-state index in [9.17, 15) is 21.6 Å². The average molecular weight is 421 g/mol. The Balaban J connectivity index is 2.21. The van der Waals surface area contributed by atoms with E-state index in [1.54, 1.807) is 0 Å². The number of thioether (sulfide) groups is 1. The summed E-state index contributed by atoms with van der Waals surface area (Å²) in [6.07, 6.45) is -4.69. The number of sulfone groups is 1. The van der Waals surface area contributed by atoms with Crippen molar-refractivity contribution in [3.63, 3.8) is 0 Å². The van der Waals surface area contributed by atoms with Crippen LogP contribution >= 0.6 is 23.4 Å². The number of rotatable bonds is 5. The molecule has 0 bridgehead atoms. The molecule has 0 amide bonds. The molecule has 4 nitrogen and oxygen atoms in total. The van der Waals surface area contributed by atoms with Gasteiger partial charge in [-0.2, -0.15) is 18.4 Å². The largest absolute Gasteiger partial charge is 0.417 e. The van der Waals surface area contributed by atoms with Gasteiger partial charge in [-0.05, 0) is 37.3 Å². The number of aromatic nitrogens is 1. The minimum absolute atomic E-state index is 0.0482. The Kier molecular flexibility index (Phi) is 6.21. The maximum absolute atomic E-state index is 13.1. The molecule has 0 unspecified atom stereocenters. The highest BCUT2D eigenvalue weighted by molar-refractivity contribution is 8.00. The minimum atomic E-state index is -4.69. The fourth-order valence-corrected chi connectivity index (χ4v) is 4.91. The molecule has 10 heteroatoms. The second-order valence-electron chi connectivity index (χ2n) is 5.22. The van der Waals surface area contributed by atoms with Crippen LogP contribution in [-0.4, -0.2) is 24.9 Å². The summed E-state index contributed by atoms with van der Waals surface area (Å²) in [6.45, 7) is 1.38. The number of hydrogen-bond donors (Lipinski definition) is 0. The lowest BCUT2D eigenvalue weighted by molar-refractivity contribution is -0.138. The summed E-state index contributed by atoms with van der Waals surface area (Å²) in [5.74, 6) is -0.367. The SMILES string of the molecule is Cc1cc(C(F)(F)F)c(C#N)c(SCCS(=O)(=O)c2ccc(Cl)cc2)n1. The number of benzene rings is 1. The van der Waals surface area contributed by atoms with Crippen molar-refractivity contribution in [3.8, 4) is 6.07 Å². The standard InChI is InChI=1S/C16H12ClF3N2O2S2/c1-10-8-14(16(18,19)20)13(9-21)15(22-10)25-6-7-26(23,24)12-4-2-11(17)3-5-12/h2-5,8H,6-7H2,1H3. The van der Waals surface area contributed by atoms with Crippen molar-refractivity contribution in [3.05, 3.63) is 52.2 Å². The van der Waals surface area contributed by atoms with Crippen molar-refractivity contribution in [2.45, 2.75) is 23.0 Å². The first kappa shape index (κ1) is 20.6. The number of aryl methyl sites for hydroxylation is 1. The van der Waals surface area contributed by atoms with Crippen molar-refractivity contribution in [1.82, 2.24) is 4.98 Å². The molecule has 26 heavy (non-hydrogen) atoms. The van der Waals surface area contributed by atoms with E-state index >= 15 is 0 Å². The molecule has 0 fully saturated rings. The molecule has 0 atom stereocenters. The molecule has 0 aliphatic rings. The van der Waals surface area contributed by atoms with Gasteiger partial charge in [0, 0.05) is 16.5 Å². The number of alkyl halides is 3. The van der Waals surface area contributed by atoms with Crippen LogP contribution in [0.4, 0.5) is 13.2 Å². The number of pyridine rings is 1. The lowest BCUT2D eigenvalue weighted by Gasteiger charge is -2.12. The monoisotopic (exact) mass is 420 g/mol. The second kappa shape index (κ2) is 7.86. The van der Waals surface area contributed by atoms with Gasteiger partial charge in [0.1, 0.15) is 11.1 Å². The summed E-state index contributed by atoms with van der Waals surface area (Å²) in [4.78, 5) is 4.02. The highest BCUT2D eigenvalue weighted by Gasteiger charge is 2.35. The zero-order valence-corrected chi connectivity index (χ0v) is 15.7. The van der Waals surface area contributed by atoms with Crippen LogP contribution in [0.2, 0.25) is 5.02 Å². The maximum Gasteiger partial charge on any atom is 0.417 e. The van der Waals surface area contributed by atoms with Gasteiger partial charge in [-0.1, -0.05) is 11.6 Å². The lowest BCUT2D eigenvalue weighted by Crippen LogP contribution is -2.12. The van der Waals surface area contributed by atoms with Gasteiger partial charge in [-0.15, -0.1) is 11.8 Å². The van der Waals surface area contributed by atoms with E-state index in [-0.39, 0.29) is 27.1 Å². The summed E-state index contributed by atoms with van der Waals surface area (Å²) in [6, 6.07) is 7.90. The first-order valence-electron chi connectivity index (χ1n) is 7.14. The van der Waals surface area contributed by atoms with Crippen LogP contribution in [0.15, 0.2) is 40.3 Å². The first-order chi connectivity index (χ1) is 12.0.